The van der Waals surface area contributed by atoms with E-state index in [0.29, 0.717) is 11.1 Å². The molecule has 5 N–H and O–H groups in total. The lowest BCUT2D eigenvalue weighted by molar-refractivity contribution is -0.155. The van der Waals surface area contributed by atoms with Crippen molar-refractivity contribution in [2.75, 3.05) is 0 Å². The first-order valence-corrected chi connectivity index (χ1v) is 15.7. The van der Waals surface area contributed by atoms with Crippen molar-refractivity contribution in [1.82, 2.24) is 16.0 Å². The largest absolute Gasteiger partial charge is 0.460 e. The second kappa shape index (κ2) is 17.2. The zero-order chi connectivity index (χ0) is 36.3. The molecule has 0 spiro atoms. The molecule has 0 aliphatic carbocycles. The molecule has 0 heterocycles. The van der Waals surface area contributed by atoms with Gasteiger partial charge in [-0.1, -0.05) is 24.3 Å². The zero-order valence-corrected chi connectivity index (χ0v) is 29.7. The Labute approximate surface area is 278 Å². The molecule has 13 heteroatoms. The Balaban J connectivity index is 3.30. The second-order valence-electron chi connectivity index (χ2n) is 14.5. The summed E-state index contributed by atoms with van der Waals surface area (Å²) in [5, 5.41) is 7.79. The molecule has 0 fully saturated rings. The molecule has 0 aliphatic heterocycles. The summed E-state index contributed by atoms with van der Waals surface area (Å²) >= 11 is 0. The minimum atomic E-state index is -1.24. The maximum Gasteiger partial charge on any atom is 0.310 e. The van der Waals surface area contributed by atoms with Gasteiger partial charge in [-0.2, -0.15) is 0 Å². The lowest BCUT2D eigenvalue weighted by Crippen LogP contribution is -2.59. The summed E-state index contributed by atoms with van der Waals surface area (Å²) in [5.41, 5.74) is 4.91. The van der Waals surface area contributed by atoms with E-state index >= 15 is 0 Å². The molecule has 0 radical (unpaired) electrons. The van der Waals surface area contributed by atoms with Crippen molar-refractivity contribution < 1.29 is 43.0 Å². The lowest BCUT2D eigenvalue weighted by atomic mass is 10.0. The van der Waals surface area contributed by atoms with Gasteiger partial charge in [0.05, 0.1) is 18.1 Å². The van der Waals surface area contributed by atoms with E-state index in [0.717, 1.165) is 0 Å². The molecule has 0 unspecified atom stereocenters. The summed E-state index contributed by atoms with van der Waals surface area (Å²) in [5.74, 6) is -3.75. The summed E-state index contributed by atoms with van der Waals surface area (Å²) in [6.45, 7) is 18.7. The Kier molecular flexibility index (Phi) is 15.0. The van der Waals surface area contributed by atoms with Crippen LogP contribution in [0.1, 0.15) is 100 Å². The Morgan fingerprint density at radius 3 is 1.66 bits per heavy atom. The molecule has 13 nitrogen and oxygen atoms in total. The molecule has 4 atom stereocenters. The van der Waals surface area contributed by atoms with Gasteiger partial charge in [0.2, 0.25) is 23.6 Å². The number of carbonyl (C=O) groups excluding carboxylic acids is 6. The van der Waals surface area contributed by atoms with Crippen molar-refractivity contribution in [3.8, 4) is 0 Å². The van der Waals surface area contributed by atoms with Crippen molar-refractivity contribution in [3.63, 3.8) is 0 Å². The fraction of sp³-hybridized carbons (Fsp3) is 0.647. The van der Waals surface area contributed by atoms with Crippen molar-refractivity contribution in [2.24, 2.45) is 5.73 Å². The first kappa shape index (κ1) is 41.0. The number of amides is 4. The van der Waals surface area contributed by atoms with E-state index in [1.807, 2.05) is 0 Å². The number of benzene rings is 1. The topological polar surface area (TPSA) is 192 Å². The van der Waals surface area contributed by atoms with Gasteiger partial charge in [0.15, 0.2) is 0 Å². The quantitative estimate of drug-likeness (QED) is 0.204. The summed E-state index contributed by atoms with van der Waals surface area (Å²) in [4.78, 5) is 76.1. The number of nitrogens with two attached hydrogens (primary N) is 1. The van der Waals surface area contributed by atoms with Crippen LogP contribution < -0.4 is 21.7 Å². The van der Waals surface area contributed by atoms with Crippen LogP contribution in [0.4, 0.5) is 0 Å². The van der Waals surface area contributed by atoms with Gasteiger partial charge in [-0.05, 0) is 86.8 Å². The van der Waals surface area contributed by atoms with Crippen molar-refractivity contribution >= 4 is 35.6 Å². The second-order valence-corrected chi connectivity index (χ2v) is 14.5. The summed E-state index contributed by atoms with van der Waals surface area (Å²) in [6.07, 6.45) is -1.05. The van der Waals surface area contributed by atoms with Gasteiger partial charge in [-0.15, -0.1) is 0 Å². The summed E-state index contributed by atoms with van der Waals surface area (Å²) in [7, 11) is 0. The zero-order valence-electron chi connectivity index (χ0n) is 29.7. The minimum Gasteiger partial charge on any atom is -0.460 e. The van der Waals surface area contributed by atoms with Crippen LogP contribution in [0, 0.1) is 0 Å². The van der Waals surface area contributed by atoms with E-state index < -0.39 is 76.6 Å². The highest BCUT2D eigenvalue weighted by Crippen LogP contribution is 2.16. The summed E-state index contributed by atoms with van der Waals surface area (Å²) in [6, 6.07) is 3.21. The highest BCUT2D eigenvalue weighted by atomic mass is 16.6. The molecule has 1 rings (SSSR count). The fourth-order valence-electron chi connectivity index (χ4n) is 4.52. The van der Waals surface area contributed by atoms with Crippen molar-refractivity contribution in [3.05, 3.63) is 35.4 Å². The van der Waals surface area contributed by atoms with E-state index in [4.69, 9.17) is 19.9 Å². The van der Waals surface area contributed by atoms with Crippen LogP contribution in [0.2, 0.25) is 0 Å². The van der Waals surface area contributed by atoms with Crippen LogP contribution in [0.15, 0.2) is 24.3 Å². The molecule has 0 bridgehead atoms. The van der Waals surface area contributed by atoms with E-state index in [1.165, 1.54) is 6.92 Å². The van der Waals surface area contributed by atoms with Crippen LogP contribution in [-0.4, -0.2) is 76.6 Å². The number of esters is 2. The van der Waals surface area contributed by atoms with Crippen LogP contribution >= 0.6 is 0 Å². The monoisotopic (exact) mass is 662 g/mol. The van der Waals surface area contributed by atoms with Crippen molar-refractivity contribution in [2.45, 2.75) is 143 Å². The highest BCUT2D eigenvalue weighted by Gasteiger charge is 2.33. The predicted octanol–water partition coefficient (Wildman–Crippen LogP) is 2.40. The van der Waals surface area contributed by atoms with E-state index in [9.17, 15) is 28.8 Å². The van der Waals surface area contributed by atoms with Gasteiger partial charge in [0.25, 0.3) is 0 Å². The normalized spacial score (nSPS) is 14.5. The first-order chi connectivity index (χ1) is 21.3. The fourth-order valence-corrected chi connectivity index (χ4v) is 4.52. The number of rotatable bonds is 15. The maximum absolute atomic E-state index is 13.7. The molecule has 264 valence electrons. The Bertz CT molecular complexity index is 1260. The minimum absolute atomic E-state index is 0.0247. The van der Waals surface area contributed by atoms with Gasteiger partial charge < -0.3 is 35.9 Å². The third-order valence-electron chi connectivity index (χ3n) is 6.23. The summed E-state index contributed by atoms with van der Waals surface area (Å²) < 4.78 is 16.6. The third kappa shape index (κ3) is 17.5. The van der Waals surface area contributed by atoms with Crippen LogP contribution in [0.3, 0.4) is 0 Å². The van der Waals surface area contributed by atoms with E-state index in [1.54, 1.807) is 93.5 Å². The standard InChI is InChI=1S/C34H54N4O9/c1-20(45-32(3,4)5)28(29(35)42)38-31(44)25(18-22-12-14-23(15-13-22)19-27(41)47-34(9,10)11)37-30(43)24(36-21(2)39)16-17-26(40)46-33(6,7)8/h12-15,20,24-25,28H,16-19H2,1-11H3,(H2,35,42)(H,36,39)(H,37,43)(H,38,44)/t20-,24+,25+,28+/m1/s1. The molecule has 1 aromatic carbocycles. The molecule has 1 aromatic rings. The van der Waals surface area contributed by atoms with Gasteiger partial charge in [0.1, 0.15) is 29.3 Å². The van der Waals surface area contributed by atoms with Gasteiger partial charge in [-0.3, -0.25) is 28.8 Å². The van der Waals surface area contributed by atoms with Crippen LogP contribution in [0.5, 0.6) is 0 Å². The number of primary amides is 1. The van der Waals surface area contributed by atoms with E-state index in [-0.39, 0.29) is 25.7 Å². The average Bonchev–Trinajstić information content (AvgIpc) is 2.86. The van der Waals surface area contributed by atoms with Crippen LogP contribution in [0.25, 0.3) is 0 Å². The van der Waals surface area contributed by atoms with Crippen molar-refractivity contribution in [1.29, 1.82) is 0 Å². The average molecular weight is 663 g/mol. The van der Waals surface area contributed by atoms with E-state index in [2.05, 4.69) is 16.0 Å². The SMILES string of the molecule is CC(=O)N[C@@H](CCC(=O)OC(C)(C)C)C(=O)N[C@@H](Cc1ccc(CC(=O)OC(C)(C)C)cc1)C(=O)N[C@H](C(N)=O)[C@@H](C)OC(C)(C)C. The molecule has 0 aliphatic rings. The maximum atomic E-state index is 13.7. The van der Waals surface area contributed by atoms with Gasteiger partial charge in [0, 0.05) is 19.8 Å². The Morgan fingerprint density at radius 2 is 1.19 bits per heavy atom. The number of carbonyl (C=O) groups is 6. The molecule has 0 saturated carbocycles. The first-order valence-electron chi connectivity index (χ1n) is 15.7. The Hall–Kier alpha value is -4.00. The van der Waals surface area contributed by atoms with Gasteiger partial charge in [-0.25, -0.2) is 0 Å². The van der Waals surface area contributed by atoms with Crippen LogP contribution in [-0.2, 0) is 55.8 Å². The third-order valence-corrected chi connectivity index (χ3v) is 6.23. The molecular formula is C34H54N4O9. The molecular weight excluding hydrogens is 608 g/mol. The number of hydrogen-bond acceptors (Lipinski definition) is 9. The lowest BCUT2D eigenvalue weighted by Gasteiger charge is -2.31. The molecule has 4 amide bonds. The molecule has 47 heavy (non-hydrogen) atoms. The Morgan fingerprint density at radius 1 is 0.702 bits per heavy atom. The van der Waals surface area contributed by atoms with Gasteiger partial charge >= 0.3 is 11.9 Å². The predicted molar refractivity (Wildman–Crippen MR) is 176 cm³/mol. The number of nitrogens with one attached hydrogen (secondary N) is 3. The number of hydrogen-bond donors (Lipinski definition) is 4. The molecule has 0 saturated heterocycles. The highest BCUT2D eigenvalue weighted by molar-refractivity contribution is 5.94. The molecule has 0 aromatic heterocycles. The number of ether oxygens (including phenoxy) is 3. The smallest absolute Gasteiger partial charge is 0.310 e.